The van der Waals surface area contributed by atoms with Gasteiger partial charge >= 0.3 is 11.8 Å². The van der Waals surface area contributed by atoms with Gasteiger partial charge in [0.25, 0.3) is 0 Å². The third-order valence-electron chi connectivity index (χ3n) is 1.72. The minimum Gasteiger partial charge on any atom is -0.392 e. The van der Waals surface area contributed by atoms with Crippen LogP contribution in [0, 0.1) is 6.92 Å². The van der Waals surface area contributed by atoms with Gasteiger partial charge < -0.3 is 16.4 Å². The van der Waals surface area contributed by atoms with E-state index < -0.39 is 11.8 Å². The molecule has 0 fully saturated rings. The lowest BCUT2D eigenvalue weighted by atomic mass is 10.4. The molecule has 1 rings (SSSR count). The van der Waals surface area contributed by atoms with Crippen LogP contribution in [0.3, 0.4) is 0 Å². The van der Waals surface area contributed by atoms with Crippen LogP contribution in [-0.2, 0) is 16.1 Å². The molecule has 0 aliphatic carbocycles. The monoisotopic (exact) mass is 272 g/mol. The van der Waals surface area contributed by atoms with Crippen LogP contribution in [0.4, 0.5) is 0 Å². The predicted molar refractivity (Wildman–Crippen MR) is 68.5 cm³/mol. The molecule has 1 heterocycles. The zero-order valence-corrected chi connectivity index (χ0v) is 10.8. The number of amides is 2. The maximum atomic E-state index is 11.3. The quantitative estimate of drug-likeness (QED) is 0.506. The minimum absolute atomic E-state index is 0.0151. The van der Waals surface area contributed by atoms with Crippen molar-refractivity contribution in [3.8, 4) is 0 Å². The van der Waals surface area contributed by atoms with Gasteiger partial charge in [-0.2, -0.15) is 0 Å². The van der Waals surface area contributed by atoms with Gasteiger partial charge in [-0.25, -0.2) is 4.98 Å². The molecule has 0 radical (unpaired) electrons. The second kappa shape index (κ2) is 6.26. The summed E-state index contributed by atoms with van der Waals surface area (Å²) >= 11 is 6.03. The first kappa shape index (κ1) is 13.5. The van der Waals surface area contributed by atoms with Crippen LogP contribution in [0.5, 0.6) is 0 Å². The molecule has 2 amide bonds. The minimum atomic E-state index is -0.751. The Balaban J connectivity index is 2.34. The Morgan fingerprint density at radius 1 is 1.47 bits per heavy atom. The molecule has 0 unspecified atom stereocenters. The van der Waals surface area contributed by atoms with Crippen LogP contribution in [-0.4, -0.2) is 28.3 Å². The Labute approximate surface area is 108 Å². The maximum Gasteiger partial charge on any atom is 0.309 e. The predicted octanol–water partition coefficient (Wildman–Crippen LogP) is -0.530. The van der Waals surface area contributed by atoms with Crippen LogP contribution >= 0.6 is 23.6 Å². The van der Waals surface area contributed by atoms with Gasteiger partial charge in [-0.1, -0.05) is 12.2 Å². The Morgan fingerprint density at radius 2 is 2.12 bits per heavy atom. The summed E-state index contributed by atoms with van der Waals surface area (Å²) in [6, 6.07) is 0. The molecular formula is C9H12N4O2S2. The number of carbonyl (C=O) groups is 2. The third kappa shape index (κ3) is 4.87. The number of hydrogen-bond donors (Lipinski definition) is 3. The van der Waals surface area contributed by atoms with Crippen molar-refractivity contribution < 1.29 is 9.59 Å². The number of carbonyl (C=O) groups excluding carboxylic acids is 2. The maximum absolute atomic E-state index is 11.3. The molecule has 0 saturated carbocycles. The van der Waals surface area contributed by atoms with E-state index in [4.69, 9.17) is 5.73 Å². The highest BCUT2D eigenvalue weighted by Crippen LogP contribution is 2.10. The van der Waals surface area contributed by atoms with Gasteiger partial charge in [-0.05, 0) is 6.92 Å². The summed E-state index contributed by atoms with van der Waals surface area (Å²) in [4.78, 5) is 27.6. The Bertz CT molecular complexity index is 444. The summed E-state index contributed by atoms with van der Waals surface area (Å²) in [5.41, 5.74) is 5.19. The van der Waals surface area contributed by atoms with Crippen molar-refractivity contribution in [3.63, 3.8) is 0 Å². The zero-order chi connectivity index (χ0) is 12.8. The number of nitrogens with two attached hydrogens (primary N) is 1. The van der Waals surface area contributed by atoms with Crippen LogP contribution in [0.15, 0.2) is 6.20 Å². The second-order valence-electron chi connectivity index (χ2n) is 3.18. The molecule has 4 N–H and O–H groups in total. The lowest BCUT2D eigenvalue weighted by Gasteiger charge is -2.04. The Hall–Kier alpha value is -1.54. The summed E-state index contributed by atoms with van der Waals surface area (Å²) in [6.45, 7) is 2.16. The largest absolute Gasteiger partial charge is 0.392 e. The van der Waals surface area contributed by atoms with Crippen molar-refractivity contribution in [2.75, 3.05) is 6.54 Å². The fourth-order valence-electron chi connectivity index (χ4n) is 0.982. The molecule has 0 atom stereocenters. The van der Waals surface area contributed by atoms with E-state index in [1.807, 2.05) is 6.92 Å². The van der Waals surface area contributed by atoms with Crippen molar-refractivity contribution in [1.29, 1.82) is 0 Å². The van der Waals surface area contributed by atoms with Gasteiger partial charge in [-0.15, -0.1) is 11.3 Å². The SMILES string of the molecule is Cc1ncc(CNC(=O)C(=O)NCC(N)=S)s1. The van der Waals surface area contributed by atoms with E-state index in [0.29, 0.717) is 0 Å². The average Bonchev–Trinajstić information content (AvgIpc) is 2.68. The van der Waals surface area contributed by atoms with E-state index in [1.54, 1.807) is 6.20 Å². The number of nitrogens with one attached hydrogen (secondary N) is 2. The van der Waals surface area contributed by atoms with Crippen LogP contribution in [0.2, 0.25) is 0 Å². The van der Waals surface area contributed by atoms with Gasteiger partial charge in [-0.3, -0.25) is 9.59 Å². The summed E-state index contributed by atoms with van der Waals surface area (Å²) < 4.78 is 0. The second-order valence-corrected chi connectivity index (χ2v) is 5.02. The summed E-state index contributed by atoms with van der Waals surface area (Å²) in [7, 11) is 0. The molecule has 1 aromatic rings. The van der Waals surface area contributed by atoms with Crippen LogP contribution in [0.25, 0.3) is 0 Å². The van der Waals surface area contributed by atoms with E-state index in [1.165, 1.54) is 11.3 Å². The molecule has 0 aliphatic heterocycles. The molecule has 0 bridgehead atoms. The number of nitrogens with zero attached hydrogens (tertiary/aromatic N) is 1. The van der Waals surface area contributed by atoms with Crippen molar-refractivity contribution >= 4 is 40.4 Å². The molecule has 0 spiro atoms. The highest BCUT2D eigenvalue weighted by Gasteiger charge is 2.12. The lowest BCUT2D eigenvalue weighted by molar-refractivity contribution is -0.139. The van der Waals surface area contributed by atoms with Gasteiger partial charge in [0, 0.05) is 11.1 Å². The number of aryl methyl sites for hydroxylation is 1. The van der Waals surface area contributed by atoms with E-state index in [0.717, 1.165) is 9.88 Å². The number of rotatable bonds is 4. The summed E-state index contributed by atoms with van der Waals surface area (Å²) in [6.07, 6.45) is 1.66. The third-order valence-corrected chi connectivity index (χ3v) is 2.78. The van der Waals surface area contributed by atoms with Gasteiger partial charge in [0.2, 0.25) is 0 Å². The van der Waals surface area contributed by atoms with Crippen LogP contribution in [0.1, 0.15) is 9.88 Å². The Kier molecular flexibility index (Phi) is 4.98. The topological polar surface area (TPSA) is 97.1 Å². The fourth-order valence-corrected chi connectivity index (χ4v) is 1.79. The average molecular weight is 272 g/mol. The highest BCUT2D eigenvalue weighted by molar-refractivity contribution is 7.80. The van der Waals surface area contributed by atoms with Gasteiger partial charge in [0.05, 0.1) is 23.1 Å². The van der Waals surface area contributed by atoms with Gasteiger partial charge in [0.15, 0.2) is 0 Å². The van der Waals surface area contributed by atoms with E-state index >= 15 is 0 Å². The fraction of sp³-hybridized carbons (Fsp3) is 0.333. The van der Waals surface area contributed by atoms with Crippen molar-refractivity contribution in [2.24, 2.45) is 5.73 Å². The van der Waals surface area contributed by atoms with Gasteiger partial charge in [0.1, 0.15) is 0 Å². The standard InChI is InChI=1S/C9H12N4O2S2/c1-5-11-2-6(17-5)3-12-8(14)9(15)13-4-7(10)16/h2H,3-4H2,1H3,(H2,10,16)(H,12,14)(H,13,15). The molecule has 17 heavy (non-hydrogen) atoms. The van der Waals surface area contributed by atoms with E-state index in [2.05, 4.69) is 27.8 Å². The molecule has 0 aromatic carbocycles. The summed E-state index contributed by atoms with van der Waals surface area (Å²) in [5, 5.41) is 5.67. The molecule has 92 valence electrons. The van der Waals surface area contributed by atoms with Crippen molar-refractivity contribution in [3.05, 3.63) is 16.1 Å². The molecule has 0 aliphatic rings. The molecule has 8 heteroatoms. The summed E-state index contributed by atoms with van der Waals surface area (Å²) in [5.74, 6) is -1.47. The Morgan fingerprint density at radius 3 is 2.65 bits per heavy atom. The normalized spacial score (nSPS) is 9.71. The smallest absolute Gasteiger partial charge is 0.309 e. The number of thiazole rings is 1. The van der Waals surface area contributed by atoms with Crippen molar-refractivity contribution in [1.82, 2.24) is 15.6 Å². The van der Waals surface area contributed by atoms with Crippen LogP contribution < -0.4 is 16.4 Å². The molecule has 6 nitrogen and oxygen atoms in total. The first-order chi connectivity index (χ1) is 7.99. The molecule has 1 aromatic heterocycles. The lowest BCUT2D eigenvalue weighted by Crippen LogP contribution is -2.42. The number of thiocarbonyl (C=S) groups is 1. The number of hydrogen-bond acceptors (Lipinski definition) is 5. The number of aromatic nitrogens is 1. The molecule has 0 saturated heterocycles. The van der Waals surface area contributed by atoms with E-state index in [-0.39, 0.29) is 18.1 Å². The van der Waals surface area contributed by atoms with E-state index in [9.17, 15) is 9.59 Å². The first-order valence-electron chi connectivity index (χ1n) is 4.74. The highest BCUT2D eigenvalue weighted by atomic mass is 32.1. The van der Waals surface area contributed by atoms with Crippen molar-refractivity contribution in [2.45, 2.75) is 13.5 Å². The first-order valence-corrected chi connectivity index (χ1v) is 5.97. The zero-order valence-electron chi connectivity index (χ0n) is 9.15. The molecular weight excluding hydrogens is 260 g/mol.